The summed E-state index contributed by atoms with van der Waals surface area (Å²) >= 11 is 0. The van der Waals surface area contributed by atoms with E-state index >= 15 is 0 Å². The first-order valence-corrected chi connectivity index (χ1v) is 18.0. The predicted molar refractivity (Wildman–Crippen MR) is 190 cm³/mol. The van der Waals surface area contributed by atoms with E-state index in [2.05, 4.69) is 32.2 Å². The zero-order valence-electron chi connectivity index (χ0n) is 29.3. The Bertz CT molecular complexity index is 1760. The number of nitrogens with zero attached hydrogens (tertiary/aromatic N) is 5. The van der Waals surface area contributed by atoms with Crippen molar-refractivity contribution in [2.75, 3.05) is 51.6 Å². The number of likely N-dealkylation sites (tertiary alicyclic amines) is 3. The number of nitrogens with one attached hydrogen (secondary N) is 4. The number of urea groups is 2. The molecule has 3 fully saturated rings. The van der Waals surface area contributed by atoms with Gasteiger partial charge in [-0.1, -0.05) is 24.3 Å². The van der Waals surface area contributed by atoms with Crippen molar-refractivity contribution < 1.29 is 19.2 Å². The second kappa shape index (κ2) is 13.9. The number of H-pyrrole nitrogens is 1. The maximum Gasteiger partial charge on any atom is 0.322 e. The number of hydrogen-bond donors (Lipinski definition) is 4. The summed E-state index contributed by atoms with van der Waals surface area (Å²) in [5, 5.41) is 17.4. The number of para-hydroxylation sites is 1. The molecule has 2 aromatic carbocycles. The lowest BCUT2D eigenvalue weighted by Gasteiger charge is -2.41. The maximum absolute atomic E-state index is 14.3. The minimum atomic E-state index is -0.735. The van der Waals surface area contributed by atoms with E-state index in [9.17, 15) is 19.2 Å². The number of benzene rings is 2. The summed E-state index contributed by atoms with van der Waals surface area (Å²) in [7, 11) is 1.80. The van der Waals surface area contributed by atoms with E-state index in [0.717, 1.165) is 52.5 Å². The molecule has 0 radical (unpaired) electrons. The summed E-state index contributed by atoms with van der Waals surface area (Å²) in [5.74, 6) is 0.0514. The van der Waals surface area contributed by atoms with E-state index in [0.29, 0.717) is 65.1 Å². The molecule has 5 heterocycles. The SMILES string of the molecule is CN[C@H](C)C(=O)N1CCC2(CCN(C(=O)[C@H](Cc3cc(C)c4[nH]ncc4c3)NC(=O)N3CCC(N4Cc5ccccc5NC4=O)CC3)C2)CC1. The normalized spacial score (nSPS) is 20.5. The van der Waals surface area contributed by atoms with Gasteiger partial charge in [-0.15, -0.1) is 0 Å². The molecule has 0 aliphatic carbocycles. The lowest BCUT2D eigenvalue weighted by Crippen LogP contribution is -2.56. The summed E-state index contributed by atoms with van der Waals surface area (Å²) in [6, 6.07) is 10.7. The fourth-order valence-electron chi connectivity index (χ4n) is 8.35. The van der Waals surface area contributed by atoms with Crippen molar-refractivity contribution in [2.45, 2.75) is 77.0 Å². The summed E-state index contributed by atoms with van der Waals surface area (Å²) in [4.78, 5) is 61.4. The Kier molecular flexibility index (Phi) is 9.42. The molecular weight excluding hydrogens is 634 g/mol. The van der Waals surface area contributed by atoms with Crippen LogP contribution in [0.4, 0.5) is 15.3 Å². The number of fused-ring (bicyclic) bond motifs is 2. The molecule has 4 aliphatic heterocycles. The summed E-state index contributed by atoms with van der Waals surface area (Å²) in [6.45, 7) is 8.11. The second-order valence-corrected chi connectivity index (χ2v) is 14.7. The Labute approximate surface area is 293 Å². The number of aromatic amines is 1. The van der Waals surface area contributed by atoms with Gasteiger partial charge in [-0.3, -0.25) is 14.7 Å². The molecule has 0 unspecified atom stereocenters. The van der Waals surface area contributed by atoms with Crippen LogP contribution < -0.4 is 16.0 Å². The molecule has 13 heteroatoms. The van der Waals surface area contributed by atoms with Gasteiger partial charge in [0.25, 0.3) is 0 Å². The van der Waals surface area contributed by atoms with Crippen LogP contribution in [0.3, 0.4) is 0 Å². The Morgan fingerprint density at radius 3 is 2.44 bits per heavy atom. The number of likely N-dealkylation sites (N-methyl/N-ethyl adjacent to an activating group) is 1. The highest BCUT2D eigenvalue weighted by atomic mass is 16.2. The standard InChI is InChI=1S/C37H49N9O4/c1-24-18-26(19-28-21-39-42-32(24)28)20-31(34(48)45-17-12-37(23-45)10-15-43(16-11-37)33(47)25(2)38-3)41-35(49)44-13-8-29(9-14-44)46-22-27-6-4-5-7-30(27)40-36(46)50/h4-7,18-19,21,25,29,31,38H,8-17,20,22-23H2,1-3H3,(H,39,42)(H,40,50)(H,41,49)/t25-,31+/m1/s1. The van der Waals surface area contributed by atoms with E-state index < -0.39 is 6.04 Å². The molecule has 13 nitrogen and oxygen atoms in total. The Balaban J connectivity index is 1.02. The van der Waals surface area contributed by atoms with Crippen molar-refractivity contribution in [3.05, 3.63) is 59.3 Å². The monoisotopic (exact) mass is 683 g/mol. The number of aromatic nitrogens is 2. The molecule has 4 aliphatic rings. The molecule has 3 aromatic rings. The van der Waals surface area contributed by atoms with E-state index in [-0.39, 0.29) is 41.4 Å². The smallest absolute Gasteiger partial charge is 0.322 e. The van der Waals surface area contributed by atoms with Gasteiger partial charge in [0.05, 0.1) is 17.8 Å². The van der Waals surface area contributed by atoms with Crippen LogP contribution in [0.15, 0.2) is 42.6 Å². The first kappa shape index (κ1) is 33.8. The van der Waals surface area contributed by atoms with Crippen molar-refractivity contribution in [1.82, 2.24) is 40.4 Å². The number of rotatable bonds is 7. The molecule has 50 heavy (non-hydrogen) atoms. The maximum atomic E-state index is 14.3. The molecule has 1 spiro atoms. The van der Waals surface area contributed by atoms with Crippen LogP contribution in [-0.4, -0.2) is 118 Å². The molecule has 2 atom stereocenters. The van der Waals surface area contributed by atoms with Crippen LogP contribution in [0.5, 0.6) is 0 Å². The second-order valence-electron chi connectivity index (χ2n) is 14.7. The molecule has 7 rings (SSSR count). The Morgan fingerprint density at radius 1 is 0.980 bits per heavy atom. The number of amides is 6. The number of aryl methyl sites for hydroxylation is 1. The van der Waals surface area contributed by atoms with Gasteiger partial charge in [-0.05, 0) is 87.2 Å². The van der Waals surface area contributed by atoms with E-state index in [1.54, 1.807) is 18.1 Å². The van der Waals surface area contributed by atoms with Crippen LogP contribution in [0.25, 0.3) is 10.9 Å². The van der Waals surface area contributed by atoms with Crippen LogP contribution >= 0.6 is 0 Å². The quantitative estimate of drug-likeness (QED) is 0.300. The molecule has 0 bridgehead atoms. The lowest BCUT2D eigenvalue weighted by atomic mass is 9.77. The fraction of sp³-hybridized carbons (Fsp3) is 0.541. The molecule has 6 amide bonds. The van der Waals surface area contributed by atoms with Gasteiger partial charge in [0.15, 0.2) is 0 Å². The van der Waals surface area contributed by atoms with Crippen LogP contribution in [0.1, 0.15) is 55.7 Å². The number of carbonyl (C=O) groups is 4. The van der Waals surface area contributed by atoms with E-state index in [1.165, 1.54) is 0 Å². The van der Waals surface area contributed by atoms with Crippen molar-refractivity contribution in [3.63, 3.8) is 0 Å². The molecule has 4 N–H and O–H groups in total. The molecular formula is C37H49N9O4. The third-order valence-electron chi connectivity index (χ3n) is 11.6. The van der Waals surface area contributed by atoms with Crippen LogP contribution in [-0.2, 0) is 22.6 Å². The Morgan fingerprint density at radius 2 is 1.70 bits per heavy atom. The van der Waals surface area contributed by atoms with Crippen molar-refractivity contribution in [3.8, 4) is 0 Å². The van der Waals surface area contributed by atoms with Gasteiger partial charge in [-0.2, -0.15) is 5.10 Å². The minimum Gasteiger partial charge on any atom is -0.341 e. The van der Waals surface area contributed by atoms with Crippen molar-refractivity contribution in [2.24, 2.45) is 5.41 Å². The van der Waals surface area contributed by atoms with Gasteiger partial charge in [0.1, 0.15) is 6.04 Å². The predicted octanol–water partition coefficient (Wildman–Crippen LogP) is 3.45. The lowest BCUT2D eigenvalue weighted by molar-refractivity contribution is -0.136. The number of hydrogen-bond acceptors (Lipinski definition) is 6. The highest BCUT2D eigenvalue weighted by molar-refractivity contribution is 5.92. The third kappa shape index (κ3) is 6.75. The third-order valence-corrected chi connectivity index (χ3v) is 11.6. The molecule has 266 valence electrons. The largest absolute Gasteiger partial charge is 0.341 e. The van der Waals surface area contributed by atoms with Crippen LogP contribution in [0.2, 0.25) is 0 Å². The van der Waals surface area contributed by atoms with Crippen molar-refractivity contribution >= 4 is 40.5 Å². The average Bonchev–Trinajstić information content (AvgIpc) is 3.78. The average molecular weight is 684 g/mol. The molecule has 1 aromatic heterocycles. The van der Waals surface area contributed by atoms with Crippen molar-refractivity contribution in [1.29, 1.82) is 0 Å². The zero-order chi connectivity index (χ0) is 35.0. The fourth-order valence-corrected chi connectivity index (χ4v) is 8.35. The first-order valence-electron chi connectivity index (χ1n) is 18.0. The zero-order valence-corrected chi connectivity index (χ0v) is 29.3. The van der Waals surface area contributed by atoms with E-state index in [4.69, 9.17) is 0 Å². The molecule has 3 saturated heterocycles. The minimum absolute atomic E-state index is 0.0146. The number of piperidine rings is 2. The van der Waals surface area contributed by atoms with Gasteiger partial charge in [0.2, 0.25) is 11.8 Å². The highest BCUT2D eigenvalue weighted by Gasteiger charge is 2.44. The summed E-state index contributed by atoms with van der Waals surface area (Å²) < 4.78 is 0. The highest BCUT2D eigenvalue weighted by Crippen LogP contribution is 2.41. The summed E-state index contributed by atoms with van der Waals surface area (Å²) in [5.41, 5.74) is 4.89. The first-order chi connectivity index (χ1) is 24.1. The van der Waals surface area contributed by atoms with Crippen LogP contribution in [0, 0.1) is 12.3 Å². The number of carbonyl (C=O) groups excluding carboxylic acids is 4. The van der Waals surface area contributed by atoms with Gasteiger partial charge < -0.3 is 35.6 Å². The topological polar surface area (TPSA) is 146 Å². The Hall–Kier alpha value is -4.65. The van der Waals surface area contributed by atoms with Gasteiger partial charge in [-0.25, -0.2) is 9.59 Å². The van der Waals surface area contributed by atoms with Gasteiger partial charge in [0, 0.05) is 69.3 Å². The van der Waals surface area contributed by atoms with Gasteiger partial charge >= 0.3 is 12.1 Å². The number of anilines is 1. The summed E-state index contributed by atoms with van der Waals surface area (Å²) in [6.07, 6.45) is 6.10. The van der Waals surface area contributed by atoms with E-state index in [1.807, 2.05) is 58.9 Å². The molecule has 0 saturated carbocycles.